The van der Waals surface area contributed by atoms with Gasteiger partial charge < -0.3 is 9.67 Å². The Balaban J connectivity index is 1.43. The lowest BCUT2D eigenvalue weighted by Gasteiger charge is -2.20. The summed E-state index contributed by atoms with van der Waals surface area (Å²) in [7, 11) is 2.04. The van der Waals surface area contributed by atoms with E-state index in [1.165, 1.54) is 18.4 Å². The average molecular weight is 318 g/mol. The fraction of sp³-hybridized carbons (Fsp3) is 0.500. The van der Waals surface area contributed by atoms with Gasteiger partial charge in [-0.05, 0) is 25.5 Å². The van der Waals surface area contributed by atoms with Crippen molar-refractivity contribution in [1.82, 2.24) is 19.7 Å². The molecule has 5 nitrogen and oxygen atoms in total. The van der Waals surface area contributed by atoms with Crippen molar-refractivity contribution in [2.24, 2.45) is 0 Å². The number of benzene rings is 1. The molecule has 1 heterocycles. The highest BCUT2D eigenvalue weighted by atomic mass is 32.2. The molecule has 0 saturated heterocycles. The molecule has 1 atom stereocenters. The van der Waals surface area contributed by atoms with Crippen LogP contribution in [0, 0.1) is 0 Å². The molecule has 2 aromatic rings. The van der Waals surface area contributed by atoms with E-state index < -0.39 is 0 Å². The Morgan fingerprint density at radius 3 is 2.86 bits per heavy atom. The summed E-state index contributed by atoms with van der Waals surface area (Å²) in [5, 5.41) is 19.3. The summed E-state index contributed by atoms with van der Waals surface area (Å²) in [6.45, 7) is 1.50. The molecule has 1 aromatic carbocycles. The molecule has 0 amide bonds. The van der Waals surface area contributed by atoms with Crippen LogP contribution in [0.25, 0.3) is 0 Å². The number of aliphatic hydroxyl groups excluding tert-OH is 1. The molecule has 118 valence electrons. The van der Waals surface area contributed by atoms with E-state index in [4.69, 9.17) is 0 Å². The van der Waals surface area contributed by atoms with E-state index in [9.17, 15) is 5.11 Å². The summed E-state index contributed by atoms with van der Waals surface area (Å²) < 4.78 is 2.13. The number of thioether (sulfide) groups is 1. The fourth-order valence-electron chi connectivity index (χ4n) is 2.48. The molecule has 22 heavy (non-hydrogen) atoms. The van der Waals surface area contributed by atoms with Crippen LogP contribution in [0.2, 0.25) is 0 Å². The van der Waals surface area contributed by atoms with Gasteiger partial charge in [-0.3, -0.25) is 4.90 Å². The van der Waals surface area contributed by atoms with E-state index in [1.54, 1.807) is 18.1 Å². The van der Waals surface area contributed by atoms with Crippen LogP contribution in [-0.4, -0.2) is 50.2 Å². The predicted molar refractivity (Wildman–Crippen MR) is 87.8 cm³/mol. The third kappa shape index (κ3) is 4.32. The molecule has 0 aliphatic heterocycles. The molecule has 1 aromatic heterocycles. The Morgan fingerprint density at radius 1 is 1.36 bits per heavy atom. The zero-order chi connectivity index (χ0) is 15.4. The normalized spacial score (nSPS) is 16.1. The summed E-state index contributed by atoms with van der Waals surface area (Å²) in [6.07, 6.45) is 3.86. The van der Waals surface area contributed by atoms with Crippen molar-refractivity contribution in [3.05, 3.63) is 42.2 Å². The first-order chi connectivity index (χ1) is 10.7. The minimum Gasteiger partial charge on any atom is -0.391 e. The Morgan fingerprint density at radius 2 is 2.14 bits per heavy atom. The Bertz CT molecular complexity index is 585. The quantitative estimate of drug-likeness (QED) is 0.756. The van der Waals surface area contributed by atoms with Gasteiger partial charge in [-0.2, -0.15) is 0 Å². The Kier molecular flexibility index (Phi) is 5.12. The van der Waals surface area contributed by atoms with Crippen molar-refractivity contribution in [2.45, 2.75) is 36.7 Å². The van der Waals surface area contributed by atoms with Crippen LogP contribution in [0.4, 0.5) is 0 Å². The first kappa shape index (κ1) is 15.5. The zero-order valence-electron chi connectivity index (χ0n) is 12.8. The molecule has 0 radical (unpaired) electrons. The van der Waals surface area contributed by atoms with Crippen molar-refractivity contribution in [2.75, 3.05) is 19.3 Å². The van der Waals surface area contributed by atoms with Gasteiger partial charge in [-0.25, -0.2) is 0 Å². The standard InChI is InChI=1S/C16H22N4OS/c1-19(9-13-5-3-2-4-6-13)10-15(21)11-22-16-18-17-12-20(16)14-7-8-14/h2-6,12,14-15,21H,7-11H2,1H3. The molecule has 1 aliphatic rings. The lowest BCUT2D eigenvalue weighted by atomic mass is 10.2. The molecule has 1 saturated carbocycles. The number of rotatable bonds is 8. The minimum atomic E-state index is -0.372. The first-order valence-corrected chi connectivity index (χ1v) is 8.64. The summed E-state index contributed by atoms with van der Waals surface area (Å²) in [5.41, 5.74) is 1.26. The van der Waals surface area contributed by atoms with E-state index in [0.717, 1.165) is 11.7 Å². The molecule has 1 unspecified atom stereocenters. The number of likely N-dealkylation sites (N-methyl/N-ethyl adjacent to an activating group) is 1. The highest BCUT2D eigenvalue weighted by Crippen LogP contribution is 2.37. The maximum Gasteiger partial charge on any atom is 0.191 e. The largest absolute Gasteiger partial charge is 0.391 e. The molecule has 0 bridgehead atoms. The number of hydrogen-bond donors (Lipinski definition) is 1. The number of aliphatic hydroxyl groups is 1. The SMILES string of the molecule is CN(Cc1ccccc1)CC(O)CSc1nncn1C1CC1. The first-order valence-electron chi connectivity index (χ1n) is 7.65. The third-order valence-corrected chi connectivity index (χ3v) is 4.81. The minimum absolute atomic E-state index is 0.372. The second kappa shape index (κ2) is 7.26. The summed E-state index contributed by atoms with van der Waals surface area (Å²) in [6, 6.07) is 10.9. The van der Waals surface area contributed by atoms with Crippen LogP contribution in [0.1, 0.15) is 24.4 Å². The molecule has 6 heteroatoms. The van der Waals surface area contributed by atoms with Gasteiger partial charge in [0.05, 0.1) is 6.10 Å². The second-order valence-corrected chi connectivity index (χ2v) is 6.89. The zero-order valence-corrected chi connectivity index (χ0v) is 13.6. The Labute approximate surface area is 135 Å². The van der Waals surface area contributed by atoms with Gasteiger partial charge in [0.2, 0.25) is 0 Å². The van der Waals surface area contributed by atoms with E-state index >= 15 is 0 Å². The number of nitrogens with zero attached hydrogens (tertiary/aromatic N) is 4. The van der Waals surface area contributed by atoms with E-state index in [1.807, 2.05) is 25.2 Å². The lowest BCUT2D eigenvalue weighted by molar-refractivity contribution is 0.142. The van der Waals surface area contributed by atoms with Crippen LogP contribution < -0.4 is 0 Å². The van der Waals surface area contributed by atoms with Gasteiger partial charge >= 0.3 is 0 Å². The van der Waals surface area contributed by atoms with Crippen molar-refractivity contribution in [3.8, 4) is 0 Å². The fourth-order valence-corrected chi connectivity index (χ4v) is 3.38. The van der Waals surface area contributed by atoms with E-state index in [2.05, 4.69) is 31.8 Å². The summed E-state index contributed by atoms with van der Waals surface area (Å²) in [4.78, 5) is 2.15. The number of aromatic nitrogens is 3. The molecular weight excluding hydrogens is 296 g/mol. The van der Waals surface area contributed by atoms with Crippen molar-refractivity contribution >= 4 is 11.8 Å². The van der Waals surface area contributed by atoms with Gasteiger partial charge in [-0.1, -0.05) is 42.1 Å². The van der Waals surface area contributed by atoms with Gasteiger partial charge in [0.25, 0.3) is 0 Å². The van der Waals surface area contributed by atoms with Crippen molar-refractivity contribution < 1.29 is 5.11 Å². The van der Waals surface area contributed by atoms with Gasteiger partial charge in [-0.15, -0.1) is 10.2 Å². The molecule has 1 aliphatic carbocycles. The molecule has 3 rings (SSSR count). The summed E-state index contributed by atoms with van der Waals surface area (Å²) in [5.74, 6) is 0.643. The van der Waals surface area contributed by atoms with Crippen molar-refractivity contribution in [1.29, 1.82) is 0 Å². The average Bonchev–Trinajstić information content (AvgIpc) is 3.24. The van der Waals surface area contributed by atoms with Crippen LogP contribution in [0.15, 0.2) is 41.8 Å². The molecule has 1 fully saturated rings. The van der Waals surface area contributed by atoms with Crippen LogP contribution in [-0.2, 0) is 6.54 Å². The van der Waals surface area contributed by atoms with E-state index in [0.29, 0.717) is 18.3 Å². The lowest BCUT2D eigenvalue weighted by Crippen LogP contribution is -2.30. The van der Waals surface area contributed by atoms with Crippen molar-refractivity contribution in [3.63, 3.8) is 0 Å². The smallest absolute Gasteiger partial charge is 0.191 e. The molecular formula is C16H22N4OS. The second-order valence-electron chi connectivity index (χ2n) is 5.90. The third-order valence-electron chi connectivity index (χ3n) is 3.70. The van der Waals surface area contributed by atoms with Gasteiger partial charge in [0.1, 0.15) is 6.33 Å². The van der Waals surface area contributed by atoms with Crippen LogP contribution >= 0.6 is 11.8 Å². The predicted octanol–water partition coefficient (Wildman–Crippen LogP) is 2.20. The van der Waals surface area contributed by atoms with Gasteiger partial charge in [0.15, 0.2) is 5.16 Å². The summed E-state index contributed by atoms with van der Waals surface area (Å²) >= 11 is 1.59. The maximum atomic E-state index is 10.2. The number of hydrogen-bond acceptors (Lipinski definition) is 5. The van der Waals surface area contributed by atoms with Gasteiger partial charge in [0, 0.05) is 24.9 Å². The van der Waals surface area contributed by atoms with Crippen LogP contribution in [0.3, 0.4) is 0 Å². The van der Waals surface area contributed by atoms with E-state index in [-0.39, 0.29) is 6.10 Å². The molecule has 1 N–H and O–H groups in total. The van der Waals surface area contributed by atoms with Crippen LogP contribution in [0.5, 0.6) is 0 Å². The molecule has 0 spiro atoms. The topological polar surface area (TPSA) is 54.2 Å². The highest BCUT2D eigenvalue weighted by molar-refractivity contribution is 7.99. The highest BCUT2D eigenvalue weighted by Gasteiger charge is 2.26. The monoisotopic (exact) mass is 318 g/mol. The Hall–Kier alpha value is -1.37. The maximum absolute atomic E-state index is 10.2.